The molecule has 0 spiro atoms. The fourth-order valence-corrected chi connectivity index (χ4v) is 2.33. The van der Waals surface area contributed by atoms with Crippen LogP contribution < -0.4 is 15.8 Å². The van der Waals surface area contributed by atoms with Crippen molar-refractivity contribution in [3.05, 3.63) is 52.5 Å². The normalized spacial score (nSPS) is 11.7. The molecule has 0 bridgehead atoms. The smallest absolute Gasteiger partial charge is 0.244 e. The van der Waals surface area contributed by atoms with Gasteiger partial charge in [-0.25, -0.2) is 0 Å². The van der Waals surface area contributed by atoms with Crippen molar-refractivity contribution in [1.82, 2.24) is 0 Å². The van der Waals surface area contributed by atoms with Crippen LogP contribution in [0.25, 0.3) is 0 Å². The number of para-hydroxylation sites is 1. The molecule has 0 aliphatic rings. The van der Waals surface area contributed by atoms with E-state index in [4.69, 9.17) is 10.5 Å². The highest BCUT2D eigenvalue weighted by Crippen LogP contribution is 2.31. The Bertz CT molecular complexity index is 661. The van der Waals surface area contributed by atoms with Crippen LogP contribution in [-0.4, -0.2) is 18.1 Å². The number of methoxy groups -OCH3 is 1. The van der Waals surface area contributed by atoms with Crippen LogP contribution in [-0.2, 0) is 4.79 Å². The predicted octanol–water partition coefficient (Wildman–Crippen LogP) is 2.80. The van der Waals surface area contributed by atoms with Crippen LogP contribution >= 0.6 is 15.9 Å². The van der Waals surface area contributed by atoms with Crippen LogP contribution in [0.3, 0.4) is 0 Å². The minimum Gasteiger partial charge on any atom is -0.504 e. The maximum absolute atomic E-state index is 11.7. The van der Waals surface area contributed by atoms with Crippen molar-refractivity contribution in [3.8, 4) is 11.5 Å². The summed E-state index contributed by atoms with van der Waals surface area (Å²) in [4.78, 5) is 11.7. The van der Waals surface area contributed by atoms with E-state index in [1.165, 1.54) is 13.2 Å². The summed E-state index contributed by atoms with van der Waals surface area (Å²) in [7, 11) is 1.44. The minimum atomic E-state index is -0.738. The number of rotatable bonds is 5. The molecule has 0 radical (unpaired) electrons. The van der Waals surface area contributed by atoms with Crippen LogP contribution in [0.4, 0.5) is 5.69 Å². The molecule has 0 fully saturated rings. The van der Waals surface area contributed by atoms with E-state index in [0.29, 0.717) is 5.56 Å². The van der Waals surface area contributed by atoms with Crippen LogP contribution in [0.5, 0.6) is 11.5 Å². The number of benzene rings is 2. The van der Waals surface area contributed by atoms with Gasteiger partial charge in [-0.3, -0.25) is 4.79 Å². The zero-order chi connectivity index (χ0) is 15.4. The van der Waals surface area contributed by atoms with Gasteiger partial charge >= 0.3 is 0 Å². The number of anilines is 1. The van der Waals surface area contributed by atoms with Crippen LogP contribution in [0, 0.1) is 0 Å². The number of halogens is 1. The molecular weight excluding hydrogens is 336 g/mol. The van der Waals surface area contributed by atoms with Crippen LogP contribution in [0.15, 0.2) is 46.9 Å². The molecule has 0 aliphatic heterocycles. The molecule has 0 saturated carbocycles. The Balaban J connectivity index is 2.36. The maximum Gasteiger partial charge on any atom is 0.244 e. The summed E-state index contributed by atoms with van der Waals surface area (Å²) in [6, 6.07) is 11.3. The molecule has 1 atom stereocenters. The number of aromatic hydroxyl groups is 1. The van der Waals surface area contributed by atoms with Gasteiger partial charge in [0.15, 0.2) is 11.5 Å². The number of hydrogen-bond donors (Lipinski definition) is 3. The first kappa shape index (κ1) is 15.2. The number of nitrogens with two attached hydrogens (primary N) is 1. The van der Waals surface area contributed by atoms with Crippen molar-refractivity contribution >= 4 is 27.5 Å². The largest absolute Gasteiger partial charge is 0.504 e. The topological polar surface area (TPSA) is 84.6 Å². The molecule has 1 unspecified atom stereocenters. The van der Waals surface area contributed by atoms with Gasteiger partial charge in [0.2, 0.25) is 5.91 Å². The van der Waals surface area contributed by atoms with Gasteiger partial charge in [0.05, 0.1) is 7.11 Å². The monoisotopic (exact) mass is 350 g/mol. The molecule has 2 rings (SSSR count). The van der Waals surface area contributed by atoms with Gasteiger partial charge in [0, 0.05) is 10.2 Å². The lowest BCUT2D eigenvalue weighted by Crippen LogP contribution is -2.27. The van der Waals surface area contributed by atoms with Gasteiger partial charge < -0.3 is 20.9 Å². The lowest BCUT2D eigenvalue weighted by Gasteiger charge is -2.19. The summed E-state index contributed by atoms with van der Waals surface area (Å²) in [6.45, 7) is 0. The third-order valence-corrected chi connectivity index (χ3v) is 3.69. The molecule has 4 N–H and O–H groups in total. The number of phenolic OH excluding ortho intramolecular Hbond substituents is 1. The van der Waals surface area contributed by atoms with Gasteiger partial charge in [-0.1, -0.05) is 18.2 Å². The summed E-state index contributed by atoms with van der Waals surface area (Å²) in [5.41, 5.74) is 6.82. The standard InChI is InChI=1S/C15H15BrN2O3/c1-21-13-8-9(6-7-12(13)19)14(15(17)20)18-11-5-3-2-4-10(11)16/h2-8,14,18-19H,1H3,(H2,17,20). The number of carbonyl (C=O) groups excluding carboxylic acids is 1. The Morgan fingerprint density at radius 3 is 2.67 bits per heavy atom. The van der Waals surface area contributed by atoms with Crippen molar-refractivity contribution < 1.29 is 14.6 Å². The highest BCUT2D eigenvalue weighted by Gasteiger charge is 2.20. The number of hydrogen-bond acceptors (Lipinski definition) is 4. The Labute approximate surface area is 130 Å². The number of nitrogens with one attached hydrogen (secondary N) is 1. The van der Waals surface area contributed by atoms with E-state index in [1.807, 2.05) is 24.3 Å². The van der Waals surface area contributed by atoms with E-state index in [9.17, 15) is 9.90 Å². The zero-order valence-corrected chi connectivity index (χ0v) is 12.9. The van der Waals surface area contributed by atoms with Crippen molar-refractivity contribution in [1.29, 1.82) is 0 Å². The molecule has 0 saturated heterocycles. The first-order chi connectivity index (χ1) is 10.0. The summed E-state index contributed by atoms with van der Waals surface area (Å²) < 4.78 is 5.87. The second-order valence-electron chi connectivity index (χ2n) is 4.39. The Hall–Kier alpha value is -2.21. The van der Waals surface area contributed by atoms with Gasteiger partial charge in [0.25, 0.3) is 0 Å². The molecule has 2 aromatic carbocycles. The highest BCUT2D eigenvalue weighted by atomic mass is 79.9. The van der Waals surface area contributed by atoms with Crippen LogP contribution in [0.1, 0.15) is 11.6 Å². The number of primary amides is 1. The van der Waals surface area contributed by atoms with E-state index >= 15 is 0 Å². The second kappa shape index (κ2) is 6.49. The summed E-state index contributed by atoms with van der Waals surface area (Å²) >= 11 is 3.41. The third-order valence-electron chi connectivity index (χ3n) is 3.00. The predicted molar refractivity (Wildman–Crippen MR) is 84.4 cm³/mol. The average molecular weight is 351 g/mol. The summed E-state index contributed by atoms with van der Waals surface area (Å²) in [6.07, 6.45) is 0. The van der Waals surface area contributed by atoms with Gasteiger partial charge in [-0.05, 0) is 45.8 Å². The molecule has 21 heavy (non-hydrogen) atoms. The molecule has 2 aromatic rings. The zero-order valence-electron chi connectivity index (χ0n) is 11.3. The van der Waals surface area contributed by atoms with E-state index < -0.39 is 11.9 Å². The van der Waals surface area contributed by atoms with Gasteiger partial charge in [-0.15, -0.1) is 0 Å². The molecule has 0 heterocycles. The maximum atomic E-state index is 11.7. The lowest BCUT2D eigenvalue weighted by molar-refractivity contribution is -0.118. The Kier molecular flexibility index (Phi) is 4.70. The van der Waals surface area contributed by atoms with Crippen LogP contribution in [0.2, 0.25) is 0 Å². The Morgan fingerprint density at radius 2 is 2.05 bits per heavy atom. The van der Waals surface area contributed by atoms with E-state index in [2.05, 4.69) is 21.2 Å². The quantitative estimate of drug-likeness (QED) is 0.773. The van der Waals surface area contributed by atoms with Gasteiger partial charge in [-0.2, -0.15) is 0 Å². The summed E-state index contributed by atoms with van der Waals surface area (Å²) in [5, 5.41) is 12.7. The van der Waals surface area contributed by atoms with E-state index in [0.717, 1.165) is 10.2 Å². The third kappa shape index (κ3) is 3.46. The van der Waals surface area contributed by atoms with E-state index in [-0.39, 0.29) is 11.5 Å². The SMILES string of the molecule is COc1cc(C(Nc2ccccc2Br)C(N)=O)ccc1O. The lowest BCUT2D eigenvalue weighted by atomic mass is 10.1. The molecule has 110 valence electrons. The Morgan fingerprint density at radius 1 is 1.33 bits per heavy atom. The van der Waals surface area contributed by atoms with Crippen molar-refractivity contribution in [2.24, 2.45) is 5.73 Å². The number of ether oxygens (including phenoxy) is 1. The second-order valence-corrected chi connectivity index (χ2v) is 5.25. The van der Waals surface area contributed by atoms with Gasteiger partial charge in [0.1, 0.15) is 6.04 Å². The highest BCUT2D eigenvalue weighted by molar-refractivity contribution is 9.10. The number of carbonyl (C=O) groups is 1. The number of amides is 1. The average Bonchev–Trinajstić information content (AvgIpc) is 2.47. The molecule has 6 heteroatoms. The molecule has 0 aromatic heterocycles. The summed E-state index contributed by atoms with van der Waals surface area (Å²) in [5.74, 6) is -0.239. The van der Waals surface area contributed by atoms with Crippen molar-refractivity contribution in [2.45, 2.75) is 6.04 Å². The fourth-order valence-electron chi connectivity index (χ4n) is 1.93. The number of phenols is 1. The molecular formula is C15H15BrN2O3. The first-order valence-corrected chi connectivity index (χ1v) is 6.99. The van der Waals surface area contributed by atoms with Crippen molar-refractivity contribution in [2.75, 3.05) is 12.4 Å². The first-order valence-electron chi connectivity index (χ1n) is 6.20. The molecule has 1 amide bonds. The molecule has 0 aliphatic carbocycles. The molecule has 5 nitrogen and oxygen atoms in total. The van der Waals surface area contributed by atoms with E-state index in [1.54, 1.807) is 12.1 Å². The van der Waals surface area contributed by atoms with Crippen molar-refractivity contribution in [3.63, 3.8) is 0 Å². The minimum absolute atomic E-state index is 0.00496. The fraction of sp³-hybridized carbons (Fsp3) is 0.133.